The molecule has 0 atom stereocenters. The highest BCUT2D eigenvalue weighted by molar-refractivity contribution is 5.99. The summed E-state index contributed by atoms with van der Waals surface area (Å²) < 4.78 is 10.6. The normalized spacial score (nSPS) is 14.0. The van der Waals surface area contributed by atoms with E-state index in [0.29, 0.717) is 28.4 Å². The fourth-order valence-corrected chi connectivity index (χ4v) is 4.27. The Morgan fingerprint density at radius 1 is 1.14 bits per heavy atom. The van der Waals surface area contributed by atoms with Crippen LogP contribution in [0.15, 0.2) is 71.9 Å². The molecule has 2 N–H and O–H groups in total. The van der Waals surface area contributed by atoms with Gasteiger partial charge in [-0.3, -0.25) is 9.69 Å². The molecule has 0 unspecified atom stereocenters. The third-order valence-electron chi connectivity index (χ3n) is 6.28. The maximum Gasteiger partial charge on any atom is 0.247 e. The molecular formula is C27H29N7O3. The second kappa shape index (κ2) is 11.2. The lowest BCUT2D eigenvalue weighted by molar-refractivity contribution is -0.111. The maximum absolute atomic E-state index is 11.7. The molecule has 3 heterocycles. The zero-order chi connectivity index (χ0) is 25.6. The number of amides is 1. The highest BCUT2D eigenvalue weighted by atomic mass is 16.5. The Kier molecular flexibility index (Phi) is 7.38. The first kappa shape index (κ1) is 24.4. The molecule has 1 aliphatic rings. The topological polar surface area (TPSA) is 109 Å². The summed E-state index contributed by atoms with van der Waals surface area (Å²) in [4.78, 5) is 25.5. The molecule has 1 fully saturated rings. The first-order chi connectivity index (χ1) is 18.1. The van der Waals surface area contributed by atoms with E-state index in [1.54, 1.807) is 19.4 Å². The van der Waals surface area contributed by atoms with Gasteiger partial charge in [0.25, 0.3) is 0 Å². The average molecular weight is 500 g/mol. The largest absolute Gasteiger partial charge is 0.383 e. The van der Waals surface area contributed by atoms with Gasteiger partial charge in [-0.15, -0.1) is 0 Å². The second-order valence-corrected chi connectivity index (χ2v) is 8.71. The number of hydrogen-bond donors (Lipinski definition) is 2. The van der Waals surface area contributed by atoms with Gasteiger partial charge in [-0.1, -0.05) is 23.9 Å². The molecule has 0 radical (unpaired) electrons. The molecule has 2 aromatic carbocycles. The molecule has 1 saturated heterocycles. The number of benzene rings is 2. The molecular weight excluding hydrogens is 470 g/mol. The Balaban J connectivity index is 1.28. The van der Waals surface area contributed by atoms with Crippen LogP contribution >= 0.6 is 0 Å². The van der Waals surface area contributed by atoms with Crippen molar-refractivity contribution in [2.24, 2.45) is 0 Å². The van der Waals surface area contributed by atoms with Crippen molar-refractivity contribution in [3.05, 3.63) is 67.4 Å². The zero-order valence-corrected chi connectivity index (χ0v) is 20.7. The van der Waals surface area contributed by atoms with Crippen molar-refractivity contribution >= 4 is 40.0 Å². The molecule has 190 valence electrons. The van der Waals surface area contributed by atoms with Gasteiger partial charge in [0.1, 0.15) is 11.2 Å². The number of rotatable bonds is 9. The molecule has 5 rings (SSSR count). The molecule has 10 nitrogen and oxygen atoms in total. The number of fused-ring (bicyclic) bond motifs is 1. The van der Waals surface area contributed by atoms with Crippen LogP contribution < -0.4 is 15.5 Å². The molecule has 2 aromatic heterocycles. The van der Waals surface area contributed by atoms with Gasteiger partial charge < -0.3 is 24.8 Å². The number of carbonyl (C=O) groups excluding carboxylic acids is 1. The molecule has 37 heavy (non-hydrogen) atoms. The summed E-state index contributed by atoms with van der Waals surface area (Å²) in [5, 5.41) is 10.2. The lowest BCUT2D eigenvalue weighted by atomic mass is 10.1. The van der Waals surface area contributed by atoms with Crippen LogP contribution in [-0.2, 0) is 9.53 Å². The van der Waals surface area contributed by atoms with Gasteiger partial charge in [0.05, 0.1) is 12.8 Å². The van der Waals surface area contributed by atoms with E-state index in [1.807, 2.05) is 30.3 Å². The lowest BCUT2D eigenvalue weighted by Gasteiger charge is -2.36. The van der Waals surface area contributed by atoms with Crippen molar-refractivity contribution in [1.82, 2.24) is 20.0 Å². The van der Waals surface area contributed by atoms with E-state index in [4.69, 9.17) is 9.26 Å². The first-order valence-corrected chi connectivity index (χ1v) is 12.1. The molecule has 0 bridgehead atoms. The number of nitrogens with one attached hydrogen (secondary N) is 2. The average Bonchev–Trinajstić information content (AvgIpc) is 3.36. The summed E-state index contributed by atoms with van der Waals surface area (Å²) >= 11 is 0. The first-order valence-electron chi connectivity index (χ1n) is 12.1. The Labute approximate surface area is 214 Å². The molecule has 0 spiro atoms. The summed E-state index contributed by atoms with van der Waals surface area (Å²) in [7, 11) is 1.74. The fourth-order valence-electron chi connectivity index (χ4n) is 4.27. The minimum absolute atomic E-state index is 0.286. The molecule has 1 aliphatic heterocycles. The summed E-state index contributed by atoms with van der Waals surface area (Å²) in [6.45, 7) is 9.27. The monoisotopic (exact) mass is 499 g/mol. The van der Waals surface area contributed by atoms with Crippen LogP contribution in [0.3, 0.4) is 0 Å². The van der Waals surface area contributed by atoms with Crippen LogP contribution in [0.1, 0.15) is 0 Å². The van der Waals surface area contributed by atoms with Crippen LogP contribution in [0.4, 0.5) is 23.0 Å². The number of piperazine rings is 1. The summed E-state index contributed by atoms with van der Waals surface area (Å²) in [6, 6.07) is 15.6. The van der Waals surface area contributed by atoms with E-state index >= 15 is 0 Å². The smallest absolute Gasteiger partial charge is 0.247 e. The van der Waals surface area contributed by atoms with Crippen molar-refractivity contribution in [3.63, 3.8) is 0 Å². The Morgan fingerprint density at radius 2 is 1.95 bits per heavy atom. The fraction of sp³-hybridized carbons (Fsp3) is 0.259. The number of methoxy groups -OCH3 is 1. The van der Waals surface area contributed by atoms with Gasteiger partial charge in [0, 0.05) is 62.5 Å². The second-order valence-electron chi connectivity index (χ2n) is 8.71. The lowest BCUT2D eigenvalue weighted by Crippen LogP contribution is -2.47. The van der Waals surface area contributed by atoms with Gasteiger partial charge in [0.15, 0.2) is 0 Å². The van der Waals surface area contributed by atoms with Crippen molar-refractivity contribution in [2.45, 2.75) is 0 Å². The van der Waals surface area contributed by atoms with Gasteiger partial charge in [-0.2, -0.15) is 0 Å². The SMILES string of the molecule is C=CC(=O)Nc1cccc(-c2noc3cnc(Nc4ccc(N5CCN(CCOC)CC5)cc4)nc23)c1. The highest BCUT2D eigenvalue weighted by Gasteiger charge is 2.17. The summed E-state index contributed by atoms with van der Waals surface area (Å²) in [5.41, 5.74) is 5.08. The van der Waals surface area contributed by atoms with E-state index in [0.717, 1.165) is 50.6 Å². The van der Waals surface area contributed by atoms with Gasteiger partial charge in [-0.25, -0.2) is 9.97 Å². The van der Waals surface area contributed by atoms with Crippen molar-refractivity contribution < 1.29 is 14.1 Å². The number of ether oxygens (including phenoxy) is 1. The predicted molar refractivity (Wildman–Crippen MR) is 144 cm³/mol. The van der Waals surface area contributed by atoms with Gasteiger partial charge >= 0.3 is 0 Å². The third-order valence-corrected chi connectivity index (χ3v) is 6.28. The molecule has 10 heteroatoms. The number of hydrogen-bond acceptors (Lipinski definition) is 9. The Bertz CT molecular complexity index is 1380. The van der Waals surface area contributed by atoms with Crippen molar-refractivity contribution in [1.29, 1.82) is 0 Å². The molecule has 1 amide bonds. The minimum Gasteiger partial charge on any atom is -0.383 e. The standard InChI is InChI=1S/C27H29N7O3/c1-3-24(35)29-21-6-4-5-19(17-21)25-26-23(37-32-25)18-28-27(31-26)30-20-7-9-22(10-8-20)34-13-11-33(12-14-34)15-16-36-2/h3-10,17-18H,1,11-16H2,2H3,(H,29,35)(H,28,30,31). The number of nitrogens with zero attached hydrogens (tertiary/aromatic N) is 5. The van der Waals surface area contributed by atoms with E-state index in [1.165, 1.54) is 11.8 Å². The van der Waals surface area contributed by atoms with E-state index in [9.17, 15) is 4.79 Å². The minimum atomic E-state index is -0.286. The maximum atomic E-state index is 11.7. The van der Waals surface area contributed by atoms with E-state index in [-0.39, 0.29) is 5.91 Å². The van der Waals surface area contributed by atoms with E-state index < -0.39 is 0 Å². The Morgan fingerprint density at radius 3 is 2.70 bits per heavy atom. The van der Waals surface area contributed by atoms with Crippen LogP contribution in [0, 0.1) is 0 Å². The third kappa shape index (κ3) is 5.76. The van der Waals surface area contributed by atoms with Crippen molar-refractivity contribution in [2.75, 3.05) is 62.0 Å². The summed E-state index contributed by atoms with van der Waals surface area (Å²) in [5.74, 6) is 0.152. The molecule has 0 aliphatic carbocycles. The van der Waals surface area contributed by atoms with Crippen LogP contribution in [-0.4, -0.2) is 72.4 Å². The Hall–Kier alpha value is -4.28. The van der Waals surface area contributed by atoms with E-state index in [2.05, 4.69) is 54.3 Å². The predicted octanol–water partition coefficient (Wildman–Crippen LogP) is 3.92. The van der Waals surface area contributed by atoms with Gasteiger partial charge in [-0.05, 0) is 42.5 Å². The van der Waals surface area contributed by atoms with Crippen LogP contribution in [0.25, 0.3) is 22.4 Å². The number of aromatic nitrogens is 3. The van der Waals surface area contributed by atoms with Crippen LogP contribution in [0.2, 0.25) is 0 Å². The quantitative estimate of drug-likeness (QED) is 0.331. The number of anilines is 4. The number of carbonyl (C=O) groups is 1. The van der Waals surface area contributed by atoms with Crippen molar-refractivity contribution in [3.8, 4) is 11.3 Å². The zero-order valence-electron chi connectivity index (χ0n) is 20.7. The van der Waals surface area contributed by atoms with Gasteiger partial charge in [0.2, 0.25) is 17.4 Å². The highest BCUT2D eigenvalue weighted by Crippen LogP contribution is 2.29. The molecule has 0 saturated carbocycles. The summed E-state index contributed by atoms with van der Waals surface area (Å²) in [6.07, 6.45) is 2.82. The molecule has 4 aromatic rings. The van der Waals surface area contributed by atoms with Crippen LogP contribution in [0.5, 0.6) is 0 Å².